The first-order chi connectivity index (χ1) is 6.88. The SMILES string of the molecule is COC[C@H]1CCC1CCCCCCN. The highest BCUT2D eigenvalue weighted by Gasteiger charge is 2.29. The van der Waals surface area contributed by atoms with Gasteiger partial charge in [-0.15, -0.1) is 0 Å². The summed E-state index contributed by atoms with van der Waals surface area (Å²) in [5.41, 5.74) is 5.45. The van der Waals surface area contributed by atoms with Crippen molar-refractivity contribution in [2.75, 3.05) is 20.3 Å². The van der Waals surface area contributed by atoms with Crippen LogP contribution in [0.2, 0.25) is 0 Å². The van der Waals surface area contributed by atoms with Gasteiger partial charge < -0.3 is 10.5 Å². The Hall–Kier alpha value is -0.0800. The number of rotatable bonds is 8. The van der Waals surface area contributed by atoms with Crippen molar-refractivity contribution in [1.82, 2.24) is 0 Å². The minimum absolute atomic E-state index is 0.857. The van der Waals surface area contributed by atoms with E-state index in [1.165, 1.54) is 44.9 Å². The zero-order valence-corrected chi connectivity index (χ0v) is 9.50. The number of hydrogen-bond acceptors (Lipinski definition) is 2. The maximum atomic E-state index is 5.45. The largest absolute Gasteiger partial charge is 0.384 e. The van der Waals surface area contributed by atoms with Crippen LogP contribution in [0.15, 0.2) is 0 Å². The van der Waals surface area contributed by atoms with Crippen molar-refractivity contribution in [2.24, 2.45) is 17.6 Å². The monoisotopic (exact) mass is 199 g/mol. The molecule has 0 saturated heterocycles. The van der Waals surface area contributed by atoms with Crippen LogP contribution in [0.25, 0.3) is 0 Å². The molecule has 2 N–H and O–H groups in total. The van der Waals surface area contributed by atoms with Crippen molar-refractivity contribution in [3.8, 4) is 0 Å². The van der Waals surface area contributed by atoms with Crippen LogP contribution in [0.1, 0.15) is 44.9 Å². The van der Waals surface area contributed by atoms with E-state index in [0.29, 0.717) is 0 Å². The molecule has 2 atom stereocenters. The molecule has 1 rings (SSSR count). The molecule has 0 aromatic rings. The molecule has 2 nitrogen and oxygen atoms in total. The fourth-order valence-electron chi connectivity index (χ4n) is 2.36. The Morgan fingerprint density at radius 2 is 1.79 bits per heavy atom. The molecule has 0 spiro atoms. The van der Waals surface area contributed by atoms with Crippen molar-refractivity contribution in [1.29, 1.82) is 0 Å². The molecule has 1 fully saturated rings. The second kappa shape index (κ2) is 7.24. The van der Waals surface area contributed by atoms with Crippen LogP contribution in [-0.2, 0) is 4.74 Å². The molecule has 0 heterocycles. The molecule has 0 bridgehead atoms. The summed E-state index contributed by atoms with van der Waals surface area (Å²) in [6, 6.07) is 0. The van der Waals surface area contributed by atoms with Gasteiger partial charge in [-0.05, 0) is 37.6 Å². The van der Waals surface area contributed by atoms with Gasteiger partial charge in [0, 0.05) is 13.7 Å². The number of unbranched alkanes of at least 4 members (excludes halogenated alkanes) is 3. The highest BCUT2D eigenvalue weighted by atomic mass is 16.5. The van der Waals surface area contributed by atoms with Crippen molar-refractivity contribution < 1.29 is 4.74 Å². The predicted molar refractivity (Wildman–Crippen MR) is 60.2 cm³/mol. The number of ether oxygens (including phenoxy) is 1. The van der Waals surface area contributed by atoms with Gasteiger partial charge in [0.2, 0.25) is 0 Å². The first kappa shape index (κ1) is 12.0. The molecule has 1 aliphatic rings. The Morgan fingerprint density at radius 3 is 2.36 bits per heavy atom. The van der Waals surface area contributed by atoms with Crippen LogP contribution < -0.4 is 5.73 Å². The van der Waals surface area contributed by atoms with Gasteiger partial charge in [-0.3, -0.25) is 0 Å². The molecule has 2 heteroatoms. The minimum Gasteiger partial charge on any atom is -0.384 e. The Balaban J connectivity index is 1.91. The van der Waals surface area contributed by atoms with Crippen molar-refractivity contribution in [3.63, 3.8) is 0 Å². The standard InChI is InChI=1S/C12H25NO/c1-14-10-12-8-7-11(12)6-4-2-3-5-9-13/h11-12H,2-10,13H2,1H3/t11?,12-/m1/s1. The van der Waals surface area contributed by atoms with E-state index in [1.807, 2.05) is 7.11 Å². The highest BCUT2D eigenvalue weighted by molar-refractivity contribution is 4.80. The molecular formula is C12H25NO. The molecule has 0 radical (unpaired) electrons. The summed E-state index contributed by atoms with van der Waals surface area (Å²) in [4.78, 5) is 0. The summed E-state index contributed by atoms with van der Waals surface area (Å²) in [7, 11) is 1.82. The van der Waals surface area contributed by atoms with Gasteiger partial charge >= 0.3 is 0 Å². The molecule has 1 saturated carbocycles. The fraction of sp³-hybridized carbons (Fsp3) is 1.00. The van der Waals surface area contributed by atoms with E-state index in [0.717, 1.165) is 25.0 Å². The van der Waals surface area contributed by atoms with Gasteiger partial charge in [-0.25, -0.2) is 0 Å². The number of nitrogens with two attached hydrogens (primary N) is 1. The van der Waals surface area contributed by atoms with Gasteiger partial charge in [0.05, 0.1) is 0 Å². The van der Waals surface area contributed by atoms with Crippen molar-refractivity contribution in [2.45, 2.75) is 44.9 Å². The van der Waals surface area contributed by atoms with E-state index in [2.05, 4.69) is 0 Å². The van der Waals surface area contributed by atoms with E-state index >= 15 is 0 Å². The molecule has 14 heavy (non-hydrogen) atoms. The second-order valence-corrected chi connectivity index (χ2v) is 4.54. The quantitative estimate of drug-likeness (QED) is 0.610. The lowest BCUT2D eigenvalue weighted by atomic mass is 9.71. The third-order valence-corrected chi connectivity index (χ3v) is 3.48. The number of hydrogen-bond donors (Lipinski definition) is 1. The van der Waals surface area contributed by atoms with Gasteiger partial charge in [-0.1, -0.05) is 25.7 Å². The van der Waals surface area contributed by atoms with Gasteiger partial charge in [0.1, 0.15) is 0 Å². The lowest BCUT2D eigenvalue weighted by Crippen LogP contribution is -2.29. The average molecular weight is 199 g/mol. The van der Waals surface area contributed by atoms with Crippen LogP contribution in [0.3, 0.4) is 0 Å². The van der Waals surface area contributed by atoms with E-state index in [1.54, 1.807) is 0 Å². The van der Waals surface area contributed by atoms with Crippen LogP contribution in [0.4, 0.5) is 0 Å². The highest BCUT2D eigenvalue weighted by Crippen LogP contribution is 2.37. The third kappa shape index (κ3) is 3.97. The van der Waals surface area contributed by atoms with Gasteiger partial charge in [-0.2, -0.15) is 0 Å². The topological polar surface area (TPSA) is 35.2 Å². The minimum atomic E-state index is 0.857. The third-order valence-electron chi connectivity index (χ3n) is 3.48. The summed E-state index contributed by atoms with van der Waals surface area (Å²) in [6.45, 7) is 1.84. The Labute approximate surface area is 88.2 Å². The van der Waals surface area contributed by atoms with Crippen LogP contribution >= 0.6 is 0 Å². The molecule has 1 unspecified atom stereocenters. The first-order valence-electron chi connectivity index (χ1n) is 6.07. The van der Waals surface area contributed by atoms with Crippen LogP contribution in [0, 0.1) is 11.8 Å². The predicted octanol–water partition coefficient (Wildman–Crippen LogP) is 2.57. The summed E-state index contributed by atoms with van der Waals surface area (Å²) in [6.07, 6.45) is 9.52. The van der Waals surface area contributed by atoms with Crippen LogP contribution in [0.5, 0.6) is 0 Å². The molecule has 1 aliphatic carbocycles. The van der Waals surface area contributed by atoms with E-state index < -0.39 is 0 Å². The van der Waals surface area contributed by atoms with Gasteiger partial charge in [0.15, 0.2) is 0 Å². The van der Waals surface area contributed by atoms with Crippen molar-refractivity contribution in [3.05, 3.63) is 0 Å². The fourth-order valence-corrected chi connectivity index (χ4v) is 2.36. The summed E-state index contributed by atoms with van der Waals surface area (Å²) in [5, 5.41) is 0. The zero-order chi connectivity index (χ0) is 10.2. The van der Waals surface area contributed by atoms with Crippen molar-refractivity contribution >= 4 is 0 Å². The number of methoxy groups -OCH3 is 1. The molecule has 84 valence electrons. The zero-order valence-electron chi connectivity index (χ0n) is 9.50. The lowest BCUT2D eigenvalue weighted by Gasteiger charge is -2.36. The average Bonchev–Trinajstić information content (AvgIpc) is 2.18. The first-order valence-corrected chi connectivity index (χ1v) is 6.07. The Bertz CT molecular complexity index is 138. The van der Waals surface area contributed by atoms with E-state index in [9.17, 15) is 0 Å². The Kier molecular flexibility index (Phi) is 6.20. The second-order valence-electron chi connectivity index (χ2n) is 4.54. The lowest BCUT2D eigenvalue weighted by molar-refractivity contribution is 0.0541. The van der Waals surface area contributed by atoms with E-state index in [-0.39, 0.29) is 0 Å². The molecular weight excluding hydrogens is 174 g/mol. The summed E-state index contributed by atoms with van der Waals surface area (Å²) in [5.74, 6) is 1.84. The molecule has 0 aromatic carbocycles. The summed E-state index contributed by atoms with van der Waals surface area (Å²) < 4.78 is 5.20. The smallest absolute Gasteiger partial charge is 0.0493 e. The maximum Gasteiger partial charge on any atom is 0.0493 e. The molecule has 0 amide bonds. The molecule has 0 aromatic heterocycles. The normalized spacial score (nSPS) is 26.1. The maximum absolute atomic E-state index is 5.45. The Morgan fingerprint density at radius 1 is 1.07 bits per heavy atom. The van der Waals surface area contributed by atoms with Crippen LogP contribution in [-0.4, -0.2) is 20.3 Å². The summed E-state index contributed by atoms with van der Waals surface area (Å²) >= 11 is 0. The molecule has 0 aliphatic heterocycles. The van der Waals surface area contributed by atoms with Gasteiger partial charge in [0.25, 0.3) is 0 Å². The van der Waals surface area contributed by atoms with E-state index in [4.69, 9.17) is 10.5 Å².